The number of hydrogen-bond donors (Lipinski definition) is 3. The Labute approximate surface area is 114 Å². The monoisotopic (exact) mass is 262 g/mol. The molecule has 5 nitrogen and oxygen atoms in total. The summed E-state index contributed by atoms with van der Waals surface area (Å²) in [4.78, 5) is 16.3. The highest BCUT2D eigenvalue weighted by Crippen LogP contribution is 2.29. The summed E-state index contributed by atoms with van der Waals surface area (Å²) in [6, 6.07) is 1.94. The van der Waals surface area contributed by atoms with Crippen molar-refractivity contribution in [1.29, 1.82) is 0 Å². The van der Waals surface area contributed by atoms with Crippen LogP contribution in [0.15, 0.2) is 18.5 Å². The lowest BCUT2D eigenvalue weighted by Crippen LogP contribution is -2.42. The molecule has 0 radical (unpaired) electrons. The van der Waals surface area contributed by atoms with Crippen molar-refractivity contribution < 1.29 is 4.79 Å². The Morgan fingerprint density at radius 2 is 2.21 bits per heavy atom. The van der Waals surface area contributed by atoms with Gasteiger partial charge in [-0.1, -0.05) is 13.8 Å². The summed E-state index contributed by atoms with van der Waals surface area (Å²) >= 11 is 0. The van der Waals surface area contributed by atoms with Gasteiger partial charge >= 0.3 is 0 Å². The number of hydrazine groups is 1. The van der Waals surface area contributed by atoms with Crippen LogP contribution in [0.4, 0.5) is 5.69 Å². The molecule has 3 atom stereocenters. The van der Waals surface area contributed by atoms with Gasteiger partial charge in [-0.25, -0.2) is 0 Å². The first-order valence-electron chi connectivity index (χ1n) is 6.83. The quantitative estimate of drug-likeness (QED) is 0.574. The average Bonchev–Trinajstić information content (AvgIpc) is 2.41. The van der Waals surface area contributed by atoms with E-state index in [4.69, 9.17) is 5.84 Å². The SMILES string of the molecule is CC1CCC(NC(=O)c2cnccc2NN)C(C)C1. The molecule has 4 N–H and O–H groups in total. The maximum absolute atomic E-state index is 12.3. The van der Waals surface area contributed by atoms with Crippen molar-refractivity contribution in [3.8, 4) is 0 Å². The van der Waals surface area contributed by atoms with Crippen LogP contribution in [0.25, 0.3) is 0 Å². The topological polar surface area (TPSA) is 80.0 Å². The number of nitrogens with one attached hydrogen (secondary N) is 2. The Bertz CT molecular complexity index is 449. The van der Waals surface area contributed by atoms with E-state index in [0.717, 1.165) is 12.3 Å². The third kappa shape index (κ3) is 3.23. The van der Waals surface area contributed by atoms with Crippen LogP contribution in [0.3, 0.4) is 0 Å². The minimum absolute atomic E-state index is 0.104. The van der Waals surface area contributed by atoms with Gasteiger partial charge in [0.25, 0.3) is 5.91 Å². The normalized spacial score (nSPS) is 26.8. The molecule has 0 bridgehead atoms. The molecule has 1 heterocycles. The zero-order chi connectivity index (χ0) is 13.8. The standard InChI is InChI=1S/C14H22N4O/c1-9-3-4-12(10(2)7-9)17-14(19)11-8-16-6-5-13(11)18-15/h5-6,8-10,12H,3-4,7,15H2,1-2H3,(H,16,18)(H,17,19). The second kappa shape index (κ2) is 6.02. The molecule has 3 unspecified atom stereocenters. The number of hydrogen-bond acceptors (Lipinski definition) is 4. The Morgan fingerprint density at radius 1 is 1.42 bits per heavy atom. The summed E-state index contributed by atoms with van der Waals surface area (Å²) in [5.74, 6) is 6.57. The number of nitrogens with two attached hydrogens (primary N) is 1. The Kier molecular flexibility index (Phi) is 4.37. The number of nitrogens with zero attached hydrogens (tertiary/aromatic N) is 1. The fourth-order valence-corrected chi connectivity index (χ4v) is 2.83. The van der Waals surface area contributed by atoms with E-state index in [1.54, 1.807) is 18.5 Å². The van der Waals surface area contributed by atoms with Crippen LogP contribution in [0.1, 0.15) is 43.5 Å². The fraction of sp³-hybridized carbons (Fsp3) is 0.571. The van der Waals surface area contributed by atoms with Crippen LogP contribution < -0.4 is 16.6 Å². The first-order valence-corrected chi connectivity index (χ1v) is 6.83. The first kappa shape index (κ1) is 13.8. The van der Waals surface area contributed by atoms with E-state index >= 15 is 0 Å². The average molecular weight is 262 g/mol. The van der Waals surface area contributed by atoms with Gasteiger partial charge in [0.1, 0.15) is 0 Å². The molecule has 1 aliphatic carbocycles. The Morgan fingerprint density at radius 3 is 2.89 bits per heavy atom. The van der Waals surface area contributed by atoms with Crippen molar-refractivity contribution in [1.82, 2.24) is 10.3 Å². The van der Waals surface area contributed by atoms with Gasteiger partial charge in [0, 0.05) is 18.4 Å². The summed E-state index contributed by atoms with van der Waals surface area (Å²) in [5, 5.41) is 3.11. The lowest BCUT2D eigenvalue weighted by molar-refractivity contribution is 0.0900. The second-order valence-corrected chi connectivity index (χ2v) is 5.54. The number of carbonyl (C=O) groups excluding carboxylic acids is 1. The summed E-state index contributed by atoms with van der Waals surface area (Å²) in [7, 11) is 0. The van der Waals surface area contributed by atoms with Gasteiger partial charge in [0.05, 0.1) is 11.3 Å². The van der Waals surface area contributed by atoms with Crippen molar-refractivity contribution in [2.75, 3.05) is 5.43 Å². The predicted molar refractivity (Wildman–Crippen MR) is 75.5 cm³/mol. The third-order valence-corrected chi connectivity index (χ3v) is 3.97. The van der Waals surface area contributed by atoms with E-state index in [1.807, 2.05) is 0 Å². The summed E-state index contributed by atoms with van der Waals surface area (Å²) in [5.41, 5.74) is 3.63. The maximum Gasteiger partial charge on any atom is 0.255 e. The van der Waals surface area contributed by atoms with Gasteiger partial charge in [0.2, 0.25) is 0 Å². The minimum Gasteiger partial charge on any atom is -0.349 e. The fourth-order valence-electron chi connectivity index (χ4n) is 2.83. The van der Waals surface area contributed by atoms with Gasteiger partial charge in [0.15, 0.2) is 0 Å². The molecule has 5 heteroatoms. The van der Waals surface area contributed by atoms with Crippen LogP contribution >= 0.6 is 0 Å². The van der Waals surface area contributed by atoms with E-state index in [-0.39, 0.29) is 11.9 Å². The number of nitrogen functional groups attached to an aromatic ring is 1. The molecular weight excluding hydrogens is 240 g/mol. The molecule has 0 spiro atoms. The largest absolute Gasteiger partial charge is 0.349 e. The van der Waals surface area contributed by atoms with Crippen LogP contribution in [0.2, 0.25) is 0 Å². The highest BCUT2D eigenvalue weighted by molar-refractivity contribution is 5.99. The van der Waals surface area contributed by atoms with E-state index < -0.39 is 0 Å². The predicted octanol–water partition coefficient (Wildman–Crippen LogP) is 1.92. The third-order valence-electron chi connectivity index (χ3n) is 3.97. The van der Waals surface area contributed by atoms with Crippen molar-refractivity contribution in [3.63, 3.8) is 0 Å². The number of rotatable bonds is 3. The van der Waals surface area contributed by atoms with E-state index in [1.165, 1.54) is 12.8 Å². The molecule has 104 valence electrons. The molecular formula is C14H22N4O. The minimum atomic E-state index is -0.104. The highest BCUT2D eigenvalue weighted by atomic mass is 16.1. The van der Waals surface area contributed by atoms with Crippen molar-refractivity contribution in [3.05, 3.63) is 24.0 Å². The number of anilines is 1. The number of pyridine rings is 1. The smallest absolute Gasteiger partial charge is 0.255 e. The van der Waals surface area contributed by atoms with Crippen molar-refractivity contribution in [2.45, 2.75) is 39.2 Å². The summed E-state index contributed by atoms with van der Waals surface area (Å²) in [6.45, 7) is 4.47. The molecule has 1 saturated carbocycles. The second-order valence-electron chi connectivity index (χ2n) is 5.54. The van der Waals surface area contributed by atoms with E-state index in [0.29, 0.717) is 17.2 Å². The molecule has 1 aromatic heterocycles. The van der Waals surface area contributed by atoms with E-state index in [2.05, 4.69) is 29.6 Å². The van der Waals surface area contributed by atoms with Gasteiger partial charge in [-0.05, 0) is 37.2 Å². The van der Waals surface area contributed by atoms with Gasteiger partial charge in [-0.3, -0.25) is 15.6 Å². The molecule has 1 fully saturated rings. The van der Waals surface area contributed by atoms with Crippen molar-refractivity contribution in [2.24, 2.45) is 17.7 Å². The zero-order valence-electron chi connectivity index (χ0n) is 11.5. The molecule has 0 aliphatic heterocycles. The van der Waals surface area contributed by atoms with Gasteiger partial charge < -0.3 is 10.7 Å². The molecule has 19 heavy (non-hydrogen) atoms. The molecule has 2 rings (SSSR count). The zero-order valence-corrected chi connectivity index (χ0v) is 11.5. The van der Waals surface area contributed by atoms with Crippen LogP contribution in [-0.4, -0.2) is 16.9 Å². The Hall–Kier alpha value is -1.62. The highest BCUT2D eigenvalue weighted by Gasteiger charge is 2.27. The van der Waals surface area contributed by atoms with Crippen LogP contribution in [0, 0.1) is 11.8 Å². The van der Waals surface area contributed by atoms with Crippen LogP contribution in [0.5, 0.6) is 0 Å². The summed E-state index contributed by atoms with van der Waals surface area (Å²) in [6.07, 6.45) is 6.53. The molecule has 1 aromatic rings. The molecule has 1 amide bonds. The lowest BCUT2D eigenvalue weighted by atomic mass is 9.80. The summed E-state index contributed by atoms with van der Waals surface area (Å²) < 4.78 is 0. The number of amides is 1. The Balaban J connectivity index is 2.04. The molecule has 0 saturated heterocycles. The number of carbonyl (C=O) groups is 1. The first-order chi connectivity index (χ1) is 9.11. The molecule has 0 aromatic carbocycles. The van der Waals surface area contributed by atoms with Crippen LogP contribution in [-0.2, 0) is 0 Å². The number of aromatic nitrogens is 1. The maximum atomic E-state index is 12.3. The van der Waals surface area contributed by atoms with Gasteiger partial charge in [-0.15, -0.1) is 0 Å². The lowest BCUT2D eigenvalue weighted by Gasteiger charge is -2.33. The van der Waals surface area contributed by atoms with E-state index in [9.17, 15) is 4.79 Å². The van der Waals surface area contributed by atoms with Crippen molar-refractivity contribution >= 4 is 11.6 Å². The van der Waals surface area contributed by atoms with Gasteiger partial charge in [-0.2, -0.15) is 0 Å². The molecule has 1 aliphatic rings.